The maximum atomic E-state index is 14.3. The minimum absolute atomic E-state index is 0.0131. The normalized spacial score (nSPS) is 24.5. The lowest BCUT2D eigenvalue weighted by Gasteiger charge is -2.27. The van der Waals surface area contributed by atoms with Crippen molar-refractivity contribution in [2.45, 2.75) is 56.3 Å². The fourth-order valence-corrected chi connectivity index (χ4v) is 3.82. The standard InChI is InChI=1S/C22H23F5N2O5/c1-10(30)17(31)15-8-11(6-7-28-15)29-20(32)19-13(9-21(2,34-19)22(25,26)27)12-4-5-14(23)16(24)18(12)33-3/h4-8,10,13,17,19,30-31H,9H2,1-3H3,(H,28,29,32)/t10-,13+,17+,19-,21-/m0/s1. The second kappa shape index (κ2) is 9.43. The molecule has 12 heteroatoms. The largest absolute Gasteiger partial charge is 0.493 e. The van der Waals surface area contributed by atoms with E-state index in [-0.39, 0.29) is 16.9 Å². The van der Waals surface area contributed by atoms with E-state index in [2.05, 4.69) is 10.3 Å². The molecule has 1 aliphatic rings. The van der Waals surface area contributed by atoms with Gasteiger partial charge >= 0.3 is 6.18 Å². The molecule has 2 heterocycles. The lowest BCUT2D eigenvalue weighted by molar-refractivity contribution is -0.261. The first kappa shape index (κ1) is 25.8. The van der Waals surface area contributed by atoms with Gasteiger partial charge in [-0.3, -0.25) is 9.78 Å². The van der Waals surface area contributed by atoms with Crippen LogP contribution in [0.25, 0.3) is 0 Å². The van der Waals surface area contributed by atoms with Crippen molar-refractivity contribution < 1.29 is 46.4 Å². The zero-order chi connectivity index (χ0) is 25.4. The van der Waals surface area contributed by atoms with Crippen LogP contribution in [0.2, 0.25) is 0 Å². The Hall–Kier alpha value is -2.83. The summed E-state index contributed by atoms with van der Waals surface area (Å²) in [6.07, 6.45) is -8.68. The number of ether oxygens (including phenoxy) is 2. The van der Waals surface area contributed by atoms with Gasteiger partial charge in [-0.25, -0.2) is 4.39 Å². The molecule has 0 aliphatic carbocycles. The highest BCUT2D eigenvalue weighted by molar-refractivity contribution is 5.95. The van der Waals surface area contributed by atoms with E-state index in [1.54, 1.807) is 0 Å². The van der Waals surface area contributed by atoms with Crippen LogP contribution >= 0.6 is 0 Å². The van der Waals surface area contributed by atoms with Gasteiger partial charge in [-0.1, -0.05) is 6.07 Å². The fraction of sp³-hybridized carbons (Fsp3) is 0.455. The minimum atomic E-state index is -4.86. The van der Waals surface area contributed by atoms with Gasteiger partial charge in [0.15, 0.2) is 17.2 Å². The van der Waals surface area contributed by atoms with Gasteiger partial charge in [0.05, 0.1) is 18.9 Å². The number of hydrogen-bond acceptors (Lipinski definition) is 6. The number of nitrogens with zero attached hydrogens (tertiary/aromatic N) is 1. The van der Waals surface area contributed by atoms with E-state index < -0.39 is 65.7 Å². The molecule has 1 fully saturated rings. The summed E-state index contributed by atoms with van der Waals surface area (Å²) in [6, 6.07) is 4.34. The Kier molecular flexibility index (Phi) is 7.15. The van der Waals surface area contributed by atoms with Crippen LogP contribution in [0.15, 0.2) is 30.5 Å². The summed E-state index contributed by atoms with van der Waals surface area (Å²) >= 11 is 0. The van der Waals surface area contributed by atoms with Crippen molar-refractivity contribution in [3.8, 4) is 5.75 Å². The number of carbonyl (C=O) groups excluding carboxylic acids is 1. The van der Waals surface area contributed by atoms with Gasteiger partial charge in [0.25, 0.3) is 5.91 Å². The molecule has 0 unspecified atom stereocenters. The number of nitrogens with one attached hydrogen (secondary N) is 1. The van der Waals surface area contributed by atoms with Crippen molar-refractivity contribution in [1.82, 2.24) is 4.98 Å². The number of aliphatic hydroxyl groups is 2. The van der Waals surface area contributed by atoms with E-state index in [1.807, 2.05) is 0 Å². The number of aromatic nitrogens is 1. The minimum Gasteiger partial charge on any atom is -0.493 e. The van der Waals surface area contributed by atoms with Crippen LogP contribution < -0.4 is 10.1 Å². The SMILES string of the molecule is COc1c([C@H]2C[C@@](C)(C(F)(F)F)O[C@@H]2C(=O)Nc2ccnc([C@H](O)[C@H](C)O)c2)ccc(F)c1F. The lowest BCUT2D eigenvalue weighted by Crippen LogP contribution is -2.43. The Bertz CT molecular complexity index is 1060. The van der Waals surface area contributed by atoms with Crippen molar-refractivity contribution in [2.75, 3.05) is 12.4 Å². The molecule has 186 valence electrons. The van der Waals surface area contributed by atoms with Gasteiger partial charge in [0.1, 0.15) is 12.2 Å². The van der Waals surface area contributed by atoms with Gasteiger partial charge in [0, 0.05) is 23.4 Å². The molecule has 1 saturated heterocycles. The first-order chi connectivity index (χ1) is 15.8. The maximum Gasteiger partial charge on any atom is 0.417 e. The number of benzene rings is 1. The summed E-state index contributed by atoms with van der Waals surface area (Å²) in [7, 11) is 1.03. The first-order valence-corrected chi connectivity index (χ1v) is 10.2. The quantitative estimate of drug-likeness (QED) is 0.535. The Morgan fingerprint density at radius 1 is 1.29 bits per heavy atom. The number of pyridine rings is 1. The van der Waals surface area contributed by atoms with Gasteiger partial charge in [-0.2, -0.15) is 17.6 Å². The highest BCUT2D eigenvalue weighted by Crippen LogP contribution is 2.51. The van der Waals surface area contributed by atoms with Crippen LogP contribution in [-0.2, 0) is 9.53 Å². The third-order valence-electron chi connectivity index (χ3n) is 5.71. The van der Waals surface area contributed by atoms with Crippen molar-refractivity contribution in [3.05, 3.63) is 53.4 Å². The number of methoxy groups -OCH3 is 1. The summed E-state index contributed by atoms with van der Waals surface area (Å²) in [5, 5.41) is 21.9. The predicted octanol–water partition coefficient (Wildman–Crippen LogP) is 3.61. The molecule has 1 aliphatic heterocycles. The molecule has 1 aromatic heterocycles. The molecule has 5 atom stereocenters. The second-order valence-electron chi connectivity index (χ2n) is 8.21. The van der Waals surface area contributed by atoms with Gasteiger partial charge in [-0.05, 0) is 38.5 Å². The van der Waals surface area contributed by atoms with E-state index in [4.69, 9.17) is 9.47 Å². The molecule has 34 heavy (non-hydrogen) atoms. The molecule has 2 aromatic rings. The average Bonchev–Trinajstić information content (AvgIpc) is 3.14. The van der Waals surface area contributed by atoms with Crippen LogP contribution in [0.3, 0.4) is 0 Å². The van der Waals surface area contributed by atoms with Crippen molar-refractivity contribution in [3.63, 3.8) is 0 Å². The number of amides is 1. The molecule has 0 radical (unpaired) electrons. The van der Waals surface area contributed by atoms with Crippen molar-refractivity contribution >= 4 is 11.6 Å². The average molecular weight is 490 g/mol. The molecule has 0 bridgehead atoms. The Morgan fingerprint density at radius 3 is 2.56 bits per heavy atom. The van der Waals surface area contributed by atoms with E-state index in [9.17, 15) is 37.0 Å². The predicted molar refractivity (Wildman–Crippen MR) is 109 cm³/mol. The Balaban J connectivity index is 1.98. The molecule has 3 rings (SSSR count). The molecular weight excluding hydrogens is 467 g/mol. The molecule has 0 spiro atoms. The summed E-state index contributed by atoms with van der Waals surface area (Å²) in [5.41, 5.74) is -2.83. The van der Waals surface area contributed by atoms with E-state index in [1.165, 1.54) is 25.3 Å². The molecule has 7 nitrogen and oxygen atoms in total. The van der Waals surface area contributed by atoms with Crippen LogP contribution in [0.1, 0.15) is 43.5 Å². The summed E-state index contributed by atoms with van der Waals surface area (Å²) < 4.78 is 79.3. The number of carbonyl (C=O) groups is 1. The lowest BCUT2D eigenvalue weighted by atomic mass is 9.85. The summed E-state index contributed by atoms with van der Waals surface area (Å²) in [5.74, 6) is -5.61. The van der Waals surface area contributed by atoms with Crippen LogP contribution in [0.5, 0.6) is 5.75 Å². The van der Waals surface area contributed by atoms with Gasteiger partial charge < -0.3 is 25.0 Å². The molecule has 0 saturated carbocycles. The topological polar surface area (TPSA) is 101 Å². The number of rotatable bonds is 6. The molecular formula is C22H23F5N2O5. The van der Waals surface area contributed by atoms with Crippen molar-refractivity contribution in [2.24, 2.45) is 0 Å². The second-order valence-corrected chi connectivity index (χ2v) is 8.21. The molecule has 3 N–H and O–H groups in total. The smallest absolute Gasteiger partial charge is 0.417 e. The van der Waals surface area contributed by atoms with Crippen LogP contribution in [0, 0.1) is 11.6 Å². The first-order valence-electron chi connectivity index (χ1n) is 10.2. The number of anilines is 1. The summed E-state index contributed by atoms with van der Waals surface area (Å²) in [4.78, 5) is 16.9. The fourth-order valence-electron chi connectivity index (χ4n) is 3.82. The van der Waals surface area contributed by atoms with Gasteiger partial charge in [0.2, 0.25) is 5.82 Å². The third-order valence-corrected chi connectivity index (χ3v) is 5.71. The van der Waals surface area contributed by atoms with Gasteiger partial charge in [-0.15, -0.1) is 0 Å². The monoisotopic (exact) mass is 490 g/mol. The third kappa shape index (κ3) is 4.84. The van der Waals surface area contributed by atoms with E-state index in [0.29, 0.717) is 0 Å². The molecule has 1 aromatic carbocycles. The number of hydrogen-bond donors (Lipinski definition) is 3. The van der Waals surface area contributed by atoms with E-state index in [0.717, 1.165) is 26.2 Å². The Labute approximate surface area is 191 Å². The zero-order valence-corrected chi connectivity index (χ0v) is 18.4. The number of alkyl halides is 3. The summed E-state index contributed by atoms with van der Waals surface area (Å²) in [6.45, 7) is 2.09. The van der Waals surface area contributed by atoms with Crippen molar-refractivity contribution in [1.29, 1.82) is 0 Å². The highest BCUT2D eigenvalue weighted by Gasteiger charge is 2.61. The zero-order valence-electron chi connectivity index (χ0n) is 18.4. The van der Waals surface area contributed by atoms with Crippen LogP contribution in [-0.4, -0.2) is 52.2 Å². The number of halogens is 5. The molecule has 1 amide bonds. The highest BCUT2D eigenvalue weighted by atomic mass is 19.4. The maximum absolute atomic E-state index is 14.3. The van der Waals surface area contributed by atoms with Crippen LogP contribution in [0.4, 0.5) is 27.6 Å². The van der Waals surface area contributed by atoms with E-state index >= 15 is 0 Å². The Morgan fingerprint density at radius 2 is 1.97 bits per heavy atom. The number of aliphatic hydroxyl groups excluding tert-OH is 2.